The van der Waals surface area contributed by atoms with Crippen molar-refractivity contribution in [3.8, 4) is 17.2 Å². The first-order valence-corrected chi connectivity index (χ1v) is 8.14. The van der Waals surface area contributed by atoms with Gasteiger partial charge in [0.15, 0.2) is 11.5 Å². The van der Waals surface area contributed by atoms with Crippen molar-refractivity contribution < 1.29 is 14.2 Å². The molecule has 0 saturated heterocycles. The smallest absolute Gasteiger partial charge is 0.161 e. The van der Waals surface area contributed by atoms with Gasteiger partial charge < -0.3 is 19.1 Å². The van der Waals surface area contributed by atoms with E-state index < -0.39 is 0 Å². The minimum Gasteiger partial charge on any atom is -0.497 e. The normalized spacial score (nSPS) is 16.0. The lowest BCUT2D eigenvalue weighted by Gasteiger charge is -2.32. The Hall–Kier alpha value is -2.36. The molecule has 0 fully saturated rings. The molecule has 0 N–H and O–H groups in total. The van der Waals surface area contributed by atoms with Crippen LogP contribution in [0.2, 0.25) is 0 Å². The van der Waals surface area contributed by atoms with Crippen molar-refractivity contribution in [3.05, 3.63) is 47.5 Å². The van der Waals surface area contributed by atoms with E-state index >= 15 is 0 Å². The summed E-state index contributed by atoms with van der Waals surface area (Å²) in [6, 6.07) is 12.6. The largest absolute Gasteiger partial charge is 0.497 e. The van der Waals surface area contributed by atoms with Gasteiger partial charge in [-0.3, -0.25) is 0 Å². The van der Waals surface area contributed by atoms with Gasteiger partial charge in [0.05, 0.1) is 7.11 Å². The highest BCUT2D eigenvalue weighted by Gasteiger charge is 2.19. The molecule has 2 aliphatic heterocycles. The molecule has 4 rings (SSSR count). The Bertz CT molecular complexity index is 714. The van der Waals surface area contributed by atoms with Crippen LogP contribution in [0.5, 0.6) is 17.2 Å². The average Bonchev–Trinajstić information content (AvgIpc) is 2.61. The van der Waals surface area contributed by atoms with Crippen molar-refractivity contribution in [2.75, 3.05) is 31.8 Å². The molecule has 2 aromatic carbocycles. The predicted octanol–water partition coefficient (Wildman–Crippen LogP) is 3.42. The molecule has 0 aromatic heterocycles. The third-order valence-electron chi connectivity index (χ3n) is 4.48. The first-order valence-electron chi connectivity index (χ1n) is 8.14. The highest BCUT2D eigenvalue weighted by molar-refractivity contribution is 5.58. The summed E-state index contributed by atoms with van der Waals surface area (Å²) in [5, 5.41) is 0. The fraction of sp³-hybridized carbons (Fsp3) is 0.368. The van der Waals surface area contributed by atoms with Gasteiger partial charge in [-0.2, -0.15) is 0 Å². The Morgan fingerprint density at radius 1 is 1.04 bits per heavy atom. The maximum absolute atomic E-state index is 5.69. The molecule has 4 nitrogen and oxygen atoms in total. The Balaban J connectivity index is 1.58. The molecule has 2 aliphatic rings. The fourth-order valence-corrected chi connectivity index (χ4v) is 3.35. The van der Waals surface area contributed by atoms with Crippen LogP contribution in [-0.2, 0) is 13.0 Å². The number of fused-ring (bicyclic) bond motifs is 2. The van der Waals surface area contributed by atoms with E-state index in [0.717, 1.165) is 36.8 Å². The molecule has 23 heavy (non-hydrogen) atoms. The second-order valence-corrected chi connectivity index (χ2v) is 6.00. The van der Waals surface area contributed by atoms with E-state index in [1.807, 2.05) is 12.1 Å². The van der Waals surface area contributed by atoms with Crippen molar-refractivity contribution >= 4 is 5.69 Å². The Labute approximate surface area is 136 Å². The Morgan fingerprint density at radius 2 is 1.91 bits per heavy atom. The monoisotopic (exact) mass is 311 g/mol. The summed E-state index contributed by atoms with van der Waals surface area (Å²) < 4.78 is 16.6. The number of nitrogens with zero attached hydrogens (tertiary/aromatic N) is 1. The van der Waals surface area contributed by atoms with Crippen molar-refractivity contribution in [3.63, 3.8) is 0 Å². The van der Waals surface area contributed by atoms with Crippen LogP contribution in [0.4, 0.5) is 5.69 Å². The van der Waals surface area contributed by atoms with Crippen molar-refractivity contribution in [2.24, 2.45) is 0 Å². The first kappa shape index (κ1) is 14.2. The molecule has 120 valence electrons. The van der Waals surface area contributed by atoms with Crippen LogP contribution in [0.3, 0.4) is 0 Å². The van der Waals surface area contributed by atoms with Crippen LogP contribution in [0.1, 0.15) is 17.5 Å². The topological polar surface area (TPSA) is 30.9 Å². The molecule has 4 heteroatoms. The minimum absolute atomic E-state index is 0.628. The average molecular weight is 311 g/mol. The summed E-state index contributed by atoms with van der Waals surface area (Å²) in [6.07, 6.45) is 2.29. The van der Waals surface area contributed by atoms with E-state index in [2.05, 4.69) is 29.2 Å². The number of hydrogen-bond donors (Lipinski definition) is 0. The molecular formula is C19H21NO3. The summed E-state index contributed by atoms with van der Waals surface area (Å²) in [5.41, 5.74) is 3.93. The van der Waals surface area contributed by atoms with Crippen LogP contribution in [0, 0.1) is 0 Å². The van der Waals surface area contributed by atoms with E-state index in [1.165, 1.54) is 23.2 Å². The molecule has 0 amide bonds. The molecule has 2 heterocycles. The van der Waals surface area contributed by atoms with Gasteiger partial charge in [0.2, 0.25) is 0 Å². The van der Waals surface area contributed by atoms with Gasteiger partial charge in [-0.05, 0) is 54.3 Å². The molecule has 2 aromatic rings. The van der Waals surface area contributed by atoms with Gasteiger partial charge in [-0.25, -0.2) is 0 Å². The van der Waals surface area contributed by atoms with Crippen molar-refractivity contribution in [2.45, 2.75) is 19.4 Å². The number of benzene rings is 2. The Morgan fingerprint density at radius 3 is 2.78 bits per heavy atom. The fourth-order valence-electron chi connectivity index (χ4n) is 3.35. The van der Waals surface area contributed by atoms with Crippen LogP contribution in [-0.4, -0.2) is 26.9 Å². The van der Waals surface area contributed by atoms with Crippen LogP contribution >= 0.6 is 0 Å². The molecule has 0 atom stereocenters. The molecule has 0 saturated carbocycles. The number of methoxy groups -OCH3 is 1. The van der Waals surface area contributed by atoms with Crippen LogP contribution in [0.15, 0.2) is 36.4 Å². The summed E-state index contributed by atoms with van der Waals surface area (Å²) in [6.45, 7) is 3.22. The first-order chi connectivity index (χ1) is 11.3. The molecule has 0 bridgehead atoms. The lowest BCUT2D eigenvalue weighted by Crippen LogP contribution is -2.28. The van der Waals surface area contributed by atoms with E-state index in [4.69, 9.17) is 14.2 Å². The molecule has 0 unspecified atom stereocenters. The van der Waals surface area contributed by atoms with E-state index in [-0.39, 0.29) is 0 Å². The number of hydrogen-bond acceptors (Lipinski definition) is 4. The number of ether oxygens (including phenoxy) is 3. The number of anilines is 1. The summed E-state index contributed by atoms with van der Waals surface area (Å²) in [7, 11) is 1.72. The standard InChI is InChI=1S/C19H21NO3/c1-21-16-5-6-17-15(12-16)3-2-8-20(17)13-14-4-7-18-19(11-14)23-10-9-22-18/h4-7,11-12H,2-3,8-10,13H2,1H3. The molecule has 0 spiro atoms. The number of aryl methyl sites for hydroxylation is 1. The SMILES string of the molecule is COc1ccc2c(c1)CCCN2Cc1ccc2c(c1)OCCO2. The lowest BCUT2D eigenvalue weighted by atomic mass is 10.0. The van der Waals surface area contributed by atoms with E-state index in [0.29, 0.717) is 13.2 Å². The van der Waals surface area contributed by atoms with Gasteiger partial charge >= 0.3 is 0 Å². The predicted molar refractivity (Wildman–Crippen MR) is 89.8 cm³/mol. The third kappa shape index (κ3) is 2.81. The third-order valence-corrected chi connectivity index (χ3v) is 4.48. The van der Waals surface area contributed by atoms with Gasteiger partial charge in [-0.1, -0.05) is 6.07 Å². The zero-order valence-electron chi connectivity index (χ0n) is 13.4. The molecule has 0 aliphatic carbocycles. The van der Waals surface area contributed by atoms with Gasteiger partial charge in [-0.15, -0.1) is 0 Å². The summed E-state index contributed by atoms with van der Waals surface area (Å²) in [5.74, 6) is 2.65. The zero-order valence-corrected chi connectivity index (χ0v) is 13.4. The van der Waals surface area contributed by atoms with E-state index in [9.17, 15) is 0 Å². The minimum atomic E-state index is 0.628. The highest BCUT2D eigenvalue weighted by atomic mass is 16.6. The van der Waals surface area contributed by atoms with Crippen molar-refractivity contribution in [1.29, 1.82) is 0 Å². The Kier molecular flexibility index (Phi) is 3.74. The maximum atomic E-state index is 5.69. The van der Waals surface area contributed by atoms with Crippen LogP contribution < -0.4 is 19.1 Å². The lowest BCUT2D eigenvalue weighted by molar-refractivity contribution is 0.171. The van der Waals surface area contributed by atoms with Crippen molar-refractivity contribution in [1.82, 2.24) is 0 Å². The van der Waals surface area contributed by atoms with Crippen LogP contribution in [0.25, 0.3) is 0 Å². The molecule has 0 radical (unpaired) electrons. The quantitative estimate of drug-likeness (QED) is 0.869. The second kappa shape index (κ2) is 6.03. The maximum Gasteiger partial charge on any atom is 0.161 e. The van der Waals surface area contributed by atoms with Gasteiger partial charge in [0.25, 0.3) is 0 Å². The number of rotatable bonds is 3. The van der Waals surface area contributed by atoms with E-state index in [1.54, 1.807) is 7.11 Å². The second-order valence-electron chi connectivity index (χ2n) is 6.00. The summed E-state index contributed by atoms with van der Waals surface area (Å²) >= 11 is 0. The zero-order chi connectivity index (χ0) is 15.6. The molecular weight excluding hydrogens is 290 g/mol. The van der Waals surface area contributed by atoms with Gasteiger partial charge in [0.1, 0.15) is 19.0 Å². The summed E-state index contributed by atoms with van der Waals surface area (Å²) in [4.78, 5) is 2.43. The highest BCUT2D eigenvalue weighted by Crippen LogP contribution is 2.34. The van der Waals surface area contributed by atoms with Gasteiger partial charge in [0, 0.05) is 18.8 Å².